The van der Waals surface area contributed by atoms with Gasteiger partial charge in [-0.2, -0.15) is 0 Å². The molecule has 3 rings (SSSR count). The normalized spacial score (nSPS) is 14.7. The summed E-state index contributed by atoms with van der Waals surface area (Å²) < 4.78 is 16.1. The molecule has 1 aliphatic carbocycles. The molecule has 0 bridgehead atoms. The Bertz CT molecular complexity index is 1040. The highest BCUT2D eigenvalue weighted by atomic mass is 35.5. The first-order valence-corrected chi connectivity index (χ1v) is 10.5. The Morgan fingerprint density at radius 1 is 1.20 bits per heavy atom. The first-order chi connectivity index (χ1) is 14.1. The average molecular weight is 436 g/mol. The molecule has 162 valence electrons. The maximum absolute atomic E-state index is 12.6. The first-order valence-electron chi connectivity index (χ1n) is 10.1. The summed E-state index contributed by atoms with van der Waals surface area (Å²) in [4.78, 5) is 36.9. The number of aryl methyl sites for hydroxylation is 1. The molecule has 0 saturated heterocycles. The van der Waals surface area contributed by atoms with Crippen molar-refractivity contribution in [3.05, 3.63) is 38.7 Å². The molecular formula is C22H26ClNO6. The Balaban J connectivity index is 1.84. The third kappa shape index (κ3) is 4.95. The summed E-state index contributed by atoms with van der Waals surface area (Å²) in [6, 6.07) is 2.20. The second-order valence-corrected chi connectivity index (χ2v) is 8.77. The van der Waals surface area contributed by atoms with Crippen LogP contribution in [0.15, 0.2) is 21.3 Å². The fraction of sp³-hybridized carbons (Fsp3) is 0.500. The molecule has 0 fully saturated rings. The molecule has 0 spiro atoms. The van der Waals surface area contributed by atoms with Crippen molar-refractivity contribution in [1.29, 1.82) is 0 Å². The van der Waals surface area contributed by atoms with Crippen LogP contribution < -0.4 is 15.7 Å². The largest absolute Gasteiger partial charge is 0.444 e. The van der Waals surface area contributed by atoms with Crippen LogP contribution in [0.3, 0.4) is 0 Å². The van der Waals surface area contributed by atoms with Crippen LogP contribution in [-0.4, -0.2) is 23.7 Å². The Labute approximate surface area is 179 Å². The maximum Gasteiger partial charge on any atom is 0.408 e. The number of nitrogens with one attached hydrogen (secondary N) is 1. The predicted molar refractivity (Wildman–Crippen MR) is 113 cm³/mol. The maximum atomic E-state index is 12.6. The lowest BCUT2D eigenvalue weighted by molar-refractivity contribution is -0.136. The van der Waals surface area contributed by atoms with Crippen molar-refractivity contribution in [2.75, 3.05) is 0 Å². The fourth-order valence-corrected chi connectivity index (χ4v) is 3.68. The van der Waals surface area contributed by atoms with Gasteiger partial charge in [-0.25, -0.2) is 14.4 Å². The molecule has 1 aromatic heterocycles. The second kappa shape index (κ2) is 8.68. The van der Waals surface area contributed by atoms with Gasteiger partial charge in [-0.1, -0.05) is 18.5 Å². The highest BCUT2D eigenvalue weighted by Gasteiger charge is 2.26. The summed E-state index contributed by atoms with van der Waals surface area (Å²) in [5.74, 6) is -0.623. The minimum Gasteiger partial charge on any atom is -0.444 e. The highest BCUT2D eigenvalue weighted by molar-refractivity contribution is 6.33. The first kappa shape index (κ1) is 22.2. The van der Waals surface area contributed by atoms with Gasteiger partial charge in [-0.3, -0.25) is 0 Å². The van der Waals surface area contributed by atoms with Crippen LogP contribution in [-0.2, 0) is 22.4 Å². The smallest absolute Gasteiger partial charge is 0.408 e. The number of hydrogen-bond acceptors (Lipinski definition) is 6. The van der Waals surface area contributed by atoms with Crippen molar-refractivity contribution in [3.8, 4) is 5.75 Å². The zero-order valence-electron chi connectivity index (χ0n) is 17.6. The molecule has 1 N–H and O–H groups in total. The molecule has 8 heteroatoms. The number of benzene rings is 1. The number of fused-ring (bicyclic) bond motifs is 3. The van der Waals surface area contributed by atoms with E-state index in [9.17, 15) is 14.4 Å². The SMILES string of the molecule is CC[C@H](NC(=O)OC(C)(C)C)C(=O)Oc1cc2oc(=O)c3c(c2cc1Cl)CCCC3. The number of alkyl carbamates (subject to hydrolysis) is 1. The van der Waals surface area contributed by atoms with Gasteiger partial charge in [0.2, 0.25) is 0 Å². The molecule has 1 aliphatic rings. The quantitative estimate of drug-likeness (QED) is 0.430. The Kier molecular flexibility index (Phi) is 6.41. The van der Waals surface area contributed by atoms with Gasteiger partial charge in [-0.05, 0) is 64.5 Å². The molecule has 2 aromatic rings. The molecule has 0 unspecified atom stereocenters. The van der Waals surface area contributed by atoms with E-state index in [0.717, 1.165) is 30.2 Å². The predicted octanol–water partition coefficient (Wildman–Crippen LogP) is 4.53. The lowest BCUT2D eigenvalue weighted by Gasteiger charge is -2.22. The van der Waals surface area contributed by atoms with E-state index in [1.165, 1.54) is 6.07 Å². The minimum absolute atomic E-state index is 0.0671. The molecule has 0 saturated carbocycles. The van der Waals surface area contributed by atoms with E-state index < -0.39 is 23.7 Å². The number of halogens is 1. The monoisotopic (exact) mass is 435 g/mol. The summed E-state index contributed by atoms with van der Waals surface area (Å²) in [7, 11) is 0. The van der Waals surface area contributed by atoms with E-state index in [0.29, 0.717) is 24.0 Å². The molecular weight excluding hydrogens is 410 g/mol. The topological polar surface area (TPSA) is 94.8 Å². The van der Waals surface area contributed by atoms with Crippen LogP contribution >= 0.6 is 11.6 Å². The second-order valence-electron chi connectivity index (χ2n) is 8.36. The van der Waals surface area contributed by atoms with Gasteiger partial charge in [0.1, 0.15) is 17.2 Å². The number of ether oxygens (including phenoxy) is 2. The van der Waals surface area contributed by atoms with Crippen molar-refractivity contribution in [1.82, 2.24) is 5.32 Å². The van der Waals surface area contributed by atoms with Crippen LogP contribution in [0.5, 0.6) is 5.75 Å². The van der Waals surface area contributed by atoms with Crippen molar-refractivity contribution in [2.45, 2.75) is 71.4 Å². The summed E-state index contributed by atoms with van der Waals surface area (Å²) in [5.41, 5.74) is 0.910. The standard InChI is InChI=1S/C22H26ClNO6/c1-5-16(24-21(27)30-22(2,3)4)20(26)29-18-11-17-14(10-15(18)23)12-8-6-7-9-13(12)19(25)28-17/h10-11,16H,5-9H2,1-4H3,(H,24,27)/t16-/m0/s1. The average Bonchev–Trinajstić information content (AvgIpc) is 2.66. The van der Waals surface area contributed by atoms with Crippen LogP contribution in [0, 0.1) is 0 Å². The number of hydrogen-bond donors (Lipinski definition) is 1. The van der Waals surface area contributed by atoms with E-state index in [2.05, 4.69) is 5.32 Å². The van der Waals surface area contributed by atoms with E-state index in [-0.39, 0.29) is 16.4 Å². The van der Waals surface area contributed by atoms with Gasteiger partial charge in [0.25, 0.3) is 0 Å². The Morgan fingerprint density at radius 3 is 2.50 bits per heavy atom. The molecule has 1 amide bonds. The Morgan fingerprint density at radius 2 is 1.87 bits per heavy atom. The van der Waals surface area contributed by atoms with E-state index in [1.54, 1.807) is 33.8 Å². The number of carbonyl (C=O) groups excluding carboxylic acids is 2. The van der Waals surface area contributed by atoms with Gasteiger partial charge in [0.15, 0.2) is 5.75 Å². The van der Waals surface area contributed by atoms with E-state index in [4.69, 9.17) is 25.5 Å². The molecule has 30 heavy (non-hydrogen) atoms. The Hall–Kier alpha value is -2.54. The van der Waals surface area contributed by atoms with Gasteiger partial charge >= 0.3 is 17.7 Å². The molecule has 7 nitrogen and oxygen atoms in total. The van der Waals surface area contributed by atoms with Gasteiger partial charge < -0.3 is 19.2 Å². The molecule has 0 radical (unpaired) electrons. The van der Waals surface area contributed by atoms with Crippen molar-refractivity contribution >= 4 is 34.6 Å². The van der Waals surface area contributed by atoms with Crippen LogP contribution in [0.2, 0.25) is 5.02 Å². The van der Waals surface area contributed by atoms with Crippen molar-refractivity contribution in [3.63, 3.8) is 0 Å². The van der Waals surface area contributed by atoms with Gasteiger partial charge in [0.05, 0.1) is 5.02 Å². The van der Waals surface area contributed by atoms with Gasteiger partial charge in [-0.15, -0.1) is 0 Å². The third-order valence-electron chi connectivity index (χ3n) is 4.87. The van der Waals surface area contributed by atoms with Crippen LogP contribution in [0.1, 0.15) is 58.1 Å². The molecule has 1 atom stereocenters. The van der Waals surface area contributed by atoms with E-state index in [1.807, 2.05) is 0 Å². The lowest BCUT2D eigenvalue weighted by atomic mass is 9.91. The third-order valence-corrected chi connectivity index (χ3v) is 5.17. The highest BCUT2D eigenvalue weighted by Crippen LogP contribution is 2.34. The lowest BCUT2D eigenvalue weighted by Crippen LogP contribution is -2.44. The molecule has 1 aromatic carbocycles. The minimum atomic E-state index is -0.915. The van der Waals surface area contributed by atoms with Gasteiger partial charge in [0, 0.05) is 17.0 Å². The molecule has 0 aliphatic heterocycles. The zero-order chi connectivity index (χ0) is 22.1. The summed E-state index contributed by atoms with van der Waals surface area (Å²) in [6.07, 6.45) is 3.01. The summed E-state index contributed by atoms with van der Waals surface area (Å²) >= 11 is 6.36. The summed E-state index contributed by atoms with van der Waals surface area (Å²) in [6.45, 7) is 6.92. The van der Waals surface area contributed by atoms with E-state index >= 15 is 0 Å². The fourth-order valence-electron chi connectivity index (χ4n) is 3.48. The zero-order valence-corrected chi connectivity index (χ0v) is 18.4. The number of carbonyl (C=O) groups is 2. The molecule has 1 heterocycles. The van der Waals surface area contributed by atoms with Crippen molar-refractivity contribution < 1.29 is 23.5 Å². The number of esters is 1. The van der Waals surface area contributed by atoms with Crippen molar-refractivity contribution in [2.24, 2.45) is 0 Å². The van der Waals surface area contributed by atoms with Crippen LogP contribution in [0.25, 0.3) is 11.0 Å². The number of rotatable bonds is 4. The summed E-state index contributed by atoms with van der Waals surface area (Å²) in [5, 5.41) is 3.48. The van der Waals surface area contributed by atoms with Crippen LogP contribution in [0.4, 0.5) is 4.79 Å². The number of amides is 1.